The van der Waals surface area contributed by atoms with Gasteiger partial charge in [0.1, 0.15) is 22.9 Å². The molecule has 160 valence electrons. The van der Waals surface area contributed by atoms with Crippen molar-refractivity contribution in [1.82, 2.24) is 0 Å². The van der Waals surface area contributed by atoms with E-state index in [9.17, 15) is 22.4 Å². The molecule has 0 amide bonds. The fraction of sp³-hybridized carbons (Fsp3) is 0.240. The van der Waals surface area contributed by atoms with Crippen molar-refractivity contribution in [3.63, 3.8) is 0 Å². The summed E-state index contributed by atoms with van der Waals surface area (Å²) in [5.74, 6) is -4.77. The molecule has 4 rings (SSSR count). The van der Waals surface area contributed by atoms with E-state index in [1.165, 1.54) is 36.4 Å². The average molecular weight is 428 g/mol. The minimum absolute atomic E-state index is 0.00712. The first-order valence-corrected chi connectivity index (χ1v) is 10.1. The molecule has 0 atom stereocenters. The van der Waals surface area contributed by atoms with Gasteiger partial charge >= 0.3 is 5.97 Å². The van der Waals surface area contributed by atoms with Gasteiger partial charge in [-0.2, -0.15) is 0 Å². The van der Waals surface area contributed by atoms with Gasteiger partial charge < -0.3 is 4.74 Å². The largest absolute Gasteiger partial charge is 0.423 e. The highest BCUT2D eigenvalue weighted by molar-refractivity contribution is 5.93. The highest BCUT2D eigenvalue weighted by atomic mass is 19.2. The Morgan fingerprint density at radius 1 is 0.903 bits per heavy atom. The molecule has 0 unspecified atom stereocenters. The van der Waals surface area contributed by atoms with Gasteiger partial charge in [0, 0.05) is 5.39 Å². The molecule has 0 heterocycles. The zero-order valence-electron chi connectivity index (χ0n) is 16.6. The van der Waals surface area contributed by atoms with E-state index in [1.54, 1.807) is 0 Å². The van der Waals surface area contributed by atoms with Gasteiger partial charge in [0.15, 0.2) is 11.6 Å². The van der Waals surface area contributed by atoms with Crippen LogP contribution in [0.4, 0.5) is 17.6 Å². The van der Waals surface area contributed by atoms with Gasteiger partial charge in [-0.05, 0) is 84.9 Å². The van der Waals surface area contributed by atoms with Crippen LogP contribution >= 0.6 is 0 Å². The molecule has 31 heavy (non-hydrogen) atoms. The summed E-state index contributed by atoms with van der Waals surface area (Å²) in [4.78, 5) is 12.4. The summed E-state index contributed by atoms with van der Waals surface area (Å²) in [6.45, 7) is 3.79. The molecule has 3 aromatic carbocycles. The number of ether oxygens (including phenoxy) is 1. The number of hydrogen-bond acceptors (Lipinski definition) is 2. The van der Waals surface area contributed by atoms with Crippen LogP contribution < -0.4 is 4.74 Å². The Morgan fingerprint density at radius 2 is 1.58 bits per heavy atom. The number of hydrogen-bond donors (Lipinski definition) is 0. The number of carbonyl (C=O) groups excluding carboxylic acids is 1. The number of allylic oxidation sites excluding steroid dienone is 1. The molecule has 3 aromatic rings. The quantitative estimate of drug-likeness (QED) is 0.192. The zero-order chi connectivity index (χ0) is 22.1. The predicted molar refractivity (Wildman–Crippen MR) is 110 cm³/mol. The van der Waals surface area contributed by atoms with Gasteiger partial charge in [0.05, 0.1) is 0 Å². The summed E-state index contributed by atoms with van der Waals surface area (Å²) in [5, 5.41) is 0.295. The van der Waals surface area contributed by atoms with Crippen LogP contribution in [0.2, 0.25) is 0 Å². The molecule has 0 bridgehead atoms. The first-order chi connectivity index (χ1) is 14.9. The maximum atomic E-state index is 14.7. The van der Waals surface area contributed by atoms with Gasteiger partial charge in [-0.25, -0.2) is 22.4 Å². The van der Waals surface area contributed by atoms with Gasteiger partial charge in [-0.1, -0.05) is 12.1 Å². The number of benzene rings is 3. The number of esters is 1. The zero-order valence-corrected chi connectivity index (χ0v) is 16.6. The SMILES string of the molecule is C=CC1CCC(c2cc(F)c(C(=O)Oc3ccc4c(F)c(F)ccc4c3)c(F)c2)CC1. The molecule has 0 saturated heterocycles. The molecule has 2 nitrogen and oxygen atoms in total. The maximum Gasteiger partial charge on any atom is 0.349 e. The molecule has 0 aromatic heterocycles. The molecule has 1 aliphatic rings. The Hall–Kier alpha value is -3.15. The van der Waals surface area contributed by atoms with Gasteiger partial charge in [0.25, 0.3) is 0 Å². The number of halogens is 4. The summed E-state index contributed by atoms with van der Waals surface area (Å²) >= 11 is 0. The molecule has 0 spiro atoms. The highest BCUT2D eigenvalue weighted by Gasteiger charge is 2.26. The normalized spacial score (nSPS) is 18.7. The topological polar surface area (TPSA) is 26.3 Å². The number of fused-ring (bicyclic) bond motifs is 1. The van der Waals surface area contributed by atoms with Crippen molar-refractivity contribution in [2.75, 3.05) is 0 Å². The van der Waals surface area contributed by atoms with Crippen molar-refractivity contribution in [2.45, 2.75) is 31.6 Å². The van der Waals surface area contributed by atoms with Crippen LogP contribution in [0, 0.1) is 29.2 Å². The Bertz CT molecular complexity index is 1140. The lowest BCUT2D eigenvalue weighted by atomic mass is 9.78. The first kappa shape index (κ1) is 21.1. The van der Waals surface area contributed by atoms with Gasteiger partial charge in [0.2, 0.25) is 0 Å². The van der Waals surface area contributed by atoms with Crippen LogP contribution in [0.25, 0.3) is 10.8 Å². The van der Waals surface area contributed by atoms with E-state index in [2.05, 4.69) is 6.58 Å². The maximum absolute atomic E-state index is 14.7. The summed E-state index contributed by atoms with van der Waals surface area (Å²) in [6.07, 6.45) is 5.33. The first-order valence-electron chi connectivity index (χ1n) is 10.1. The Kier molecular flexibility index (Phi) is 5.81. The molecule has 1 aliphatic carbocycles. The van der Waals surface area contributed by atoms with Crippen LogP contribution in [0.3, 0.4) is 0 Å². The van der Waals surface area contributed by atoms with E-state index < -0.39 is 34.8 Å². The lowest BCUT2D eigenvalue weighted by Crippen LogP contribution is -2.16. The molecule has 1 saturated carbocycles. The highest BCUT2D eigenvalue weighted by Crippen LogP contribution is 2.37. The van der Waals surface area contributed by atoms with Crippen LogP contribution in [-0.2, 0) is 0 Å². The molecule has 1 fully saturated rings. The standard InChI is InChI=1S/C25H20F4O2/c1-2-14-3-5-15(6-4-14)17-12-21(27)23(22(28)13-17)25(30)31-18-8-9-19-16(11-18)7-10-20(26)24(19)29/h2,7-15H,1,3-6H2. The lowest BCUT2D eigenvalue weighted by molar-refractivity contribution is 0.0724. The third-order valence-electron chi connectivity index (χ3n) is 5.93. The fourth-order valence-electron chi connectivity index (χ4n) is 4.18. The summed E-state index contributed by atoms with van der Waals surface area (Å²) in [7, 11) is 0. The average Bonchev–Trinajstić information content (AvgIpc) is 2.76. The van der Waals surface area contributed by atoms with Crippen LogP contribution in [0.15, 0.2) is 55.1 Å². The van der Waals surface area contributed by atoms with Crippen LogP contribution in [-0.4, -0.2) is 5.97 Å². The Labute approximate surface area is 177 Å². The predicted octanol–water partition coefficient (Wildman–Crippen LogP) is 7.08. The van der Waals surface area contributed by atoms with E-state index >= 15 is 0 Å². The second-order valence-corrected chi connectivity index (χ2v) is 7.84. The van der Waals surface area contributed by atoms with Crippen molar-refractivity contribution < 1.29 is 27.1 Å². The smallest absolute Gasteiger partial charge is 0.349 e. The minimum atomic E-state index is -1.20. The second kappa shape index (κ2) is 8.53. The molecular formula is C25H20F4O2. The van der Waals surface area contributed by atoms with E-state index in [4.69, 9.17) is 4.74 Å². The second-order valence-electron chi connectivity index (χ2n) is 7.84. The third kappa shape index (κ3) is 4.20. The van der Waals surface area contributed by atoms with Gasteiger partial charge in [-0.3, -0.25) is 0 Å². The number of rotatable bonds is 4. The van der Waals surface area contributed by atoms with Crippen molar-refractivity contribution in [1.29, 1.82) is 0 Å². The molecule has 6 heteroatoms. The van der Waals surface area contributed by atoms with Crippen molar-refractivity contribution in [2.24, 2.45) is 5.92 Å². The molecular weight excluding hydrogens is 408 g/mol. The number of carbonyl (C=O) groups is 1. The van der Waals surface area contributed by atoms with E-state index in [1.807, 2.05) is 6.08 Å². The summed E-state index contributed by atoms with van der Waals surface area (Å²) < 4.78 is 61.6. The summed E-state index contributed by atoms with van der Waals surface area (Å²) in [6, 6.07) is 8.44. The third-order valence-corrected chi connectivity index (χ3v) is 5.93. The Morgan fingerprint density at radius 3 is 2.23 bits per heavy atom. The van der Waals surface area contributed by atoms with Crippen LogP contribution in [0.5, 0.6) is 5.75 Å². The van der Waals surface area contributed by atoms with E-state index in [0.29, 0.717) is 11.5 Å². The monoisotopic (exact) mass is 428 g/mol. The molecule has 0 N–H and O–H groups in total. The van der Waals surface area contributed by atoms with Crippen molar-refractivity contribution >= 4 is 16.7 Å². The van der Waals surface area contributed by atoms with Gasteiger partial charge in [-0.15, -0.1) is 6.58 Å². The van der Waals surface area contributed by atoms with Crippen molar-refractivity contribution in [3.05, 3.63) is 89.5 Å². The molecule has 0 aliphatic heterocycles. The lowest BCUT2D eigenvalue weighted by Gasteiger charge is -2.27. The minimum Gasteiger partial charge on any atom is -0.423 e. The summed E-state index contributed by atoms with van der Waals surface area (Å²) in [5.41, 5.74) is -0.258. The van der Waals surface area contributed by atoms with E-state index in [0.717, 1.165) is 31.7 Å². The molecule has 0 radical (unpaired) electrons. The fourth-order valence-corrected chi connectivity index (χ4v) is 4.18. The Balaban J connectivity index is 1.55. The van der Waals surface area contributed by atoms with Crippen molar-refractivity contribution in [3.8, 4) is 5.75 Å². The van der Waals surface area contributed by atoms with E-state index in [-0.39, 0.29) is 22.4 Å². The van der Waals surface area contributed by atoms with Crippen LogP contribution in [0.1, 0.15) is 47.5 Å².